The van der Waals surface area contributed by atoms with E-state index in [4.69, 9.17) is 16.3 Å². The Balaban J connectivity index is 1.26. The smallest absolute Gasteiger partial charge is 0.296 e. The number of anilines is 2. The van der Waals surface area contributed by atoms with Crippen molar-refractivity contribution in [1.82, 2.24) is 24.4 Å². The summed E-state index contributed by atoms with van der Waals surface area (Å²) in [4.78, 5) is 30.6. The van der Waals surface area contributed by atoms with E-state index in [0.29, 0.717) is 74.1 Å². The standard InChI is InChI=1S/C30H32ClF2N7O3/c1-19(28(41)39-12-10-30(42,11-13-39)20-6-8-21(31)9-7-20)34-29-36-24(38-14-16-43-17-15-38)18-25(37-29)40-23-5-3-2-4-22(23)35-27(40)26(32)33/h2-9,18-19,26,42H,10-17H2,1H3,(H,34,36,37)/t19-/m0/s1. The summed E-state index contributed by atoms with van der Waals surface area (Å²) in [6.07, 6.45) is -2.08. The molecule has 2 aromatic heterocycles. The highest BCUT2D eigenvalue weighted by atomic mass is 35.5. The minimum Gasteiger partial charge on any atom is -0.385 e. The van der Waals surface area contributed by atoms with Crippen LogP contribution in [0.4, 0.5) is 20.5 Å². The molecule has 4 aromatic rings. The molecule has 2 saturated heterocycles. The van der Waals surface area contributed by atoms with Crippen LogP contribution >= 0.6 is 11.6 Å². The van der Waals surface area contributed by atoms with Crippen LogP contribution < -0.4 is 10.2 Å². The number of carbonyl (C=O) groups excluding carboxylic acids is 1. The van der Waals surface area contributed by atoms with E-state index in [1.54, 1.807) is 54.3 Å². The van der Waals surface area contributed by atoms with E-state index in [2.05, 4.69) is 20.3 Å². The maximum absolute atomic E-state index is 14.2. The van der Waals surface area contributed by atoms with E-state index in [-0.39, 0.29) is 17.7 Å². The maximum Gasteiger partial charge on any atom is 0.296 e. The number of piperidine rings is 1. The molecule has 0 unspecified atom stereocenters. The first-order valence-corrected chi connectivity index (χ1v) is 14.6. The number of nitrogens with zero attached hydrogens (tertiary/aromatic N) is 6. The third-order valence-corrected chi connectivity index (χ3v) is 8.30. The molecule has 13 heteroatoms. The summed E-state index contributed by atoms with van der Waals surface area (Å²) < 4.78 is 35.2. The first-order valence-electron chi connectivity index (χ1n) is 14.2. The Labute approximate surface area is 252 Å². The minimum atomic E-state index is -2.84. The van der Waals surface area contributed by atoms with Crippen molar-refractivity contribution in [3.05, 3.63) is 71.0 Å². The van der Waals surface area contributed by atoms with E-state index in [1.807, 2.05) is 17.0 Å². The van der Waals surface area contributed by atoms with Crippen molar-refractivity contribution < 1.29 is 23.4 Å². The molecule has 0 aliphatic carbocycles. The summed E-state index contributed by atoms with van der Waals surface area (Å²) in [6.45, 7) is 4.59. The number of carbonyl (C=O) groups is 1. The molecule has 2 aromatic carbocycles. The molecule has 0 saturated carbocycles. The van der Waals surface area contributed by atoms with Gasteiger partial charge in [0.2, 0.25) is 11.9 Å². The van der Waals surface area contributed by atoms with Crippen LogP contribution in [-0.4, -0.2) is 80.9 Å². The normalized spacial score (nSPS) is 17.8. The summed E-state index contributed by atoms with van der Waals surface area (Å²) in [5.41, 5.74) is 0.636. The molecule has 2 N–H and O–H groups in total. The van der Waals surface area contributed by atoms with Gasteiger partial charge in [0, 0.05) is 37.3 Å². The largest absolute Gasteiger partial charge is 0.385 e. The number of hydrogen-bond acceptors (Lipinski definition) is 8. The number of rotatable bonds is 7. The molecule has 4 heterocycles. The van der Waals surface area contributed by atoms with Crippen molar-refractivity contribution in [3.8, 4) is 5.82 Å². The number of para-hydroxylation sites is 2. The van der Waals surface area contributed by atoms with Gasteiger partial charge < -0.3 is 25.0 Å². The third-order valence-electron chi connectivity index (χ3n) is 8.05. The topological polar surface area (TPSA) is 109 Å². The number of morpholine rings is 1. The first kappa shape index (κ1) is 29.2. The Hall–Kier alpha value is -3.87. The molecule has 226 valence electrons. The molecular weight excluding hydrogens is 580 g/mol. The fraction of sp³-hybridized carbons (Fsp3) is 0.400. The van der Waals surface area contributed by atoms with Gasteiger partial charge in [0.15, 0.2) is 5.82 Å². The third kappa shape index (κ3) is 5.99. The Morgan fingerprint density at radius 1 is 1.00 bits per heavy atom. The lowest BCUT2D eigenvalue weighted by Gasteiger charge is -2.39. The van der Waals surface area contributed by atoms with E-state index in [0.717, 1.165) is 5.56 Å². The average molecular weight is 612 g/mol. The molecule has 2 fully saturated rings. The van der Waals surface area contributed by atoms with Crippen molar-refractivity contribution in [3.63, 3.8) is 0 Å². The van der Waals surface area contributed by atoms with E-state index in [1.165, 1.54) is 4.57 Å². The van der Waals surface area contributed by atoms with Gasteiger partial charge in [0.25, 0.3) is 6.43 Å². The molecule has 10 nitrogen and oxygen atoms in total. The van der Waals surface area contributed by atoms with Crippen molar-refractivity contribution in [1.29, 1.82) is 0 Å². The Bertz CT molecular complexity index is 1600. The van der Waals surface area contributed by atoms with Crippen LogP contribution in [0.25, 0.3) is 16.9 Å². The zero-order valence-corrected chi connectivity index (χ0v) is 24.3. The number of nitrogens with one attached hydrogen (secondary N) is 1. The molecular formula is C30H32ClF2N7O3. The highest BCUT2D eigenvalue weighted by Crippen LogP contribution is 2.34. The molecule has 0 spiro atoms. The van der Waals surface area contributed by atoms with Gasteiger partial charge in [-0.2, -0.15) is 9.97 Å². The second-order valence-corrected chi connectivity index (χ2v) is 11.3. The van der Waals surface area contributed by atoms with Crippen LogP contribution in [-0.2, 0) is 15.1 Å². The zero-order valence-electron chi connectivity index (χ0n) is 23.6. The highest BCUT2D eigenvalue weighted by Gasteiger charge is 2.36. The number of halogens is 3. The van der Waals surface area contributed by atoms with Gasteiger partial charge >= 0.3 is 0 Å². The number of benzene rings is 2. The lowest BCUT2D eigenvalue weighted by atomic mass is 9.84. The predicted molar refractivity (Wildman–Crippen MR) is 159 cm³/mol. The van der Waals surface area contributed by atoms with Gasteiger partial charge in [-0.15, -0.1) is 0 Å². The second kappa shape index (κ2) is 12.0. The molecule has 6 rings (SSSR count). The lowest BCUT2D eigenvalue weighted by Crippen LogP contribution is -2.49. The fourth-order valence-corrected chi connectivity index (χ4v) is 5.79. The van der Waals surface area contributed by atoms with Crippen LogP contribution in [0.1, 0.15) is 37.6 Å². The molecule has 1 atom stereocenters. The number of hydrogen-bond donors (Lipinski definition) is 2. The van der Waals surface area contributed by atoms with Gasteiger partial charge in [0.05, 0.1) is 29.8 Å². The quantitative estimate of drug-likeness (QED) is 0.313. The van der Waals surface area contributed by atoms with E-state index in [9.17, 15) is 18.7 Å². The van der Waals surface area contributed by atoms with E-state index < -0.39 is 23.9 Å². The number of alkyl halides is 2. The Kier molecular flexibility index (Phi) is 8.17. The molecule has 2 aliphatic rings. The second-order valence-electron chi connectivity index (χ2n) is 10.8. The average Bonchev–Trinajstić information content (AvgIpc) is 3.42. The number of aromatic nitrogens is 4. The SMILES string of the molecule is C[C@H](Nc1nc(N2CCOCC2)cc(-n2c(C(F)F)nc3ccccc32)n1)C(=O)N1CCC(O)(c2ccc(Cl)cc2)CC1. The number of likely N-dealkylation sites (tertiary alicyclic amines) is 1. The molecule has 2 aliphatic heterocycles. The predicted octanol–water partition coefficient (Wildman–Crippen LogP) is 4.55. The van der Waals surface area contributed by atoms with Crippen molar-refractivity contribution in [2.45, 2.75) is 37.8 Å². The fourth-order valence-electron chi connectivity index (χ4n) is 5.66. The lowest BCUT2D eigenvalue weighted by molar-refractivity contribution is -0.136. The van der Waals surface area contributed by atoms with Crippen LogP contribution in [0.2, 0.25) is 5.02 Å². The zero-order chi connectivity index (χ0) is 30.1. The monoisotopic (exact) mass is 611 g/mol. The minimum absolute atomic E-state index is 0.132. The molecule has 0 bridgehead atoms. The molecule has 43 heavy (non-hydrogen) atoms. The summed E-state index contributed by atoms with van der Waals surface area (Å²) >= 11 is 6.00. The number of ether oxygens (including phenoxy) is 1. The van der Waals surface area contributed by atoms with Crippen LogP contribution in [0.15, 0.2) is 54.6 Å². The first-order chi connectivity index (χ1) is 20.7. The Morgan fingerprint density at radius 3 is 2.37 bits per heavy atom. The summed E-state index contributed by atoms with van der Waals surface area (Å²) in [5, 5.41) is 14.9. The molecule has 1 amide bonds. The number of amides is 1. The van der Waals surface area contributed by atoms with Crippen molar-refractivity contribution >= 4 is 40.3 Å². The van der Waals surface area contributed by atoms with Gasteiger partial charge in [0.1, 0.15) is 17.7 Å². The number of fused-ring (bicyclic) bond motifs is 1. The van der Waals surface area contributed by atoms with Crippen LogP contribution in [0, 0.1) is 0 Å². The summed E-state index contributed by atoms with van der Waals surface area (Å²) in [6, 6.07) is 14.9. The van der Waals surface area contributed by atoms with Crippen LogP contribution in [0.5, 0.6) is 0 Å². The van der Waals surface area contributed by atoms with Crippen LogP contribution in [0.3, 0.4) is 0 Å². The maximum atomic E-state index is 14.2. The summed E-state index contributed by atoms with van der Waals surface area (Å²) in [7, 11) is 0. The number of imidazole rings is 1. The summed E-state index contributed by atoms with van der Waals surface area (Å²) in [5.74, 6) is 0.270. The molecule has 0 radical (unpaired) electrons. The highest BCUT2D eigenvalue weighted by molar-refractivity contribution is 6.30. The number of aliphatic hydroxyl groups is 1. The van der Waals surface area contributed by atoms with E-state index >= 15 is 0 Å². The van der Waals surface area contributed by atoms with Gasteiger partial charge in [-0.25, -0.2) is 13.8 Å². The van der Waals surface area contributed by atoms with Gasteiger partial charge in [-0.1, -0.05) is 35.9 Å². The van der Waals surface area contributed by atoms with Crippen molar-refractivity contribution in [2.24, 2.45) is 0 Å². The van der Waals surface area contributed by atoms with Gasteiger partial charge in [-0.05, 0) is 49.6 Å². The van der Waals surface area contributed by atoms with Crippen molar-refractivity contribution in [2.75, 3.05) is 49.6 Å². The van der Waals surface area contributed by atoms with Gasteiger partial charge in [-0.3, -0.25) is 9.36 Å². The Morgan fingerprint density at radius 2 is 1.67 bits per heavy atom.